The van der Waals surface area contributed by atoms with E-state index in [1.54, 1.807) is 25.1 Å². The van der Waals surface area contributed by atoms with Crippen LogP contribution in [0.4, 0.5) is 4.79 Å². The highest BCUT2D eigenvalue weighted by Crippen LogP contribution is 2.57. The Balaban J connectivity index is 1.75. The molecule has 1 aromatic rings. The number of ether oxygens (including phenoxy) is 1. The predicted molar refractivity (Wildman–Crippen MR) is 125 cm³/mol. The van der Waals surface area contributed by atoms with Gasteiger partial charge in [0.25, 0.3) is 0 Å². The number of nitrogens with zero attached hydrogens (tertiary/aromatic N) is 1. The number of aromatic hydroxyl groups is 1. The molecule has 0 spiro atoms. The average molecular weight is 541 g/mol. The first-order valence-electron chi connectivity index (χ1n) is 11.0. The number of rotatable bonds is 2. The maximum atomic E-state index is 13.3. The van der Waals surface area contributed by atoms with Gasteiger partial charge in [-0.15, -0.1) is 0 Å². The minimum absolute atomic E-state index is 0.0616. The summed E-state index contributed by atoms with van der Waals surface area (Å²) in [5.74, 6) is -5.24. The number of hydrogen-bond donors (Lipinski definition) is 2. The Morgan fingerprint density at radius 3 is 2.54 bits per heavy atom. The topological polar surface area (TPSA) is 144 Å². The SMILES string of the molecule is COc1cc(Br)cc(C2C3=CCC4C(=O)N(C(N)=O)C(=O)C4C3CC3=C2C(=O)C=C(C)C3=O)c1O. The molecule has 180 valence electrons. The number of methoxy groups -OCH3 is 1. The number of carbonyl (C=O) groups is 5. The summed E-state index contributed by atoms with van der Waals surface area (Å²) in [6.07, 6.45) is 3.29. The number of primary amides is 1. The van der Waals surface area contributed by atoms with Crippen LogP contribution in [-0.4, -0.2) is 46.5 Å². The number of phenolic OH excluding ortho intramolecular Hbond substituents is 1. The van der Waals surface area contributed by atoms with Gasteiger partial charge >= 0.3 is 6.03 Å². The number of allylic oxidation sites excluding steroid dienone is 6. The van der Waals surface area contributed by atoms with Crippen LogP contribution in [0.25, 0.3) is 0 Å². The summed E-state index contributed by atoms with van der Waals surface area (Å²) in [6.45, 7) is 1.55. The van der Waals surface area contributed by atoms with E-state index in [4.69, 9.17) is 10.5 Å². The fourth-order valence-electron chi connectivity index (χ4n) is 5.92. The number of benzene rings is 1. The van der Waals surface area contributed by atoms with Gasteiger partial charge in [-0.1, -0.05) is 27.6 Å². The number of likely N-dealkylation sites (tertiary alicyclic amines) is 1. The van der Waals surface area contributed by atoms with E-state index in [0.29, 0.717) is 20.5 Å². The van der Waals surface area contributed by atoms with Gasteiger partial charge in [0.05, 0.1) is 18.9 Å². The first-order chi connectivity index (χ1) is 16.6. The number of phenols is 1. The van der Waals surface area contributed by atoms with Gasteiger partial charge in [0.1, 0.15) is 0 Å². The molecule has 0 bridgehead atoms. The lowest BCUT2D eigenvalue weighted by atomic mass is 9.59. The van der Waals surface area contributed by atoms with Crippen LogP contribution in [0.2, 0.25) is 0 Å². The number of nitrogens with two attached hydrogens (primary N) is 1. The lowest BCUT2D eigenvalue weighted by molar-refractivity contribution is -0.136. The first-order valence-corrected chi connectivity index (χ1v) is 11.8. The number of ketones is 2. The Bertz CT molecular complexity index is 1360. The van der Waals surface area contributed by atoms with Crippen molar-refractivity contribution in [1.82, 2.24) is 4.90 Å². The predicted octanol–water partition coefficient (Wildman–Crippen LogP) is 2.67. The smallest absolute Gasteiger partial charge is 0.328 e. The number of fused-ring (bicyclic) bond motifs is 3. The third-order valence-electron chi connectivity index (χ3n) is 7.38. The molecule has 1 saturated heterocycles. The van der Waals surface area contributed by atoms with Crippen LogP contribution in [0.3, 0.4) is 0 Å². The lowest BCUT2D eigenvalue weighted by Crippen LogP contribution is -2.42. The Hall–Kier alpha value is -3.53. The largest absolute Gasteiger partial charge is 0.504 e. The van der Waals surface area contributed by atoms with Gasteiger partial charge in [-0.25, -0.2) is 4.79 Å². The molecule has 9 nitrogen and oxygen atoms in total. The van der Waals surface area contributed by atoms with E-state index in [0.717, 1.165) is 0 Å². The van der Waals surface area contributed by atoms with Crippen molar-refractivity contribution in [2.45, 2.75) is 25.7 Å². The molecule has 0 radical (unpaired) electrons. The second kappa shape index (κ2) is 8.01. The van der Waals surface area contributed by atoms with E-state index >= 15 is 0 Å². The van der Waals surface area contributed by atoms with Crippen molar-refractivity contribution >= 4 is 45.3 Å². The minimum atomic E-state index is -1.14. The van der Waals surface area contributed by atoms with E-state index in [1.165, 1.54) is 13.2 Å². The molecular weight excluding hydrogens is 520 g/mol. The molecule has 0 saturated carbocycles. The van der Waals surface area contributed by atoms with Crippen LogP contribution >= 0.6 is 15.9 Å². The standard InChI is InChI=1S/C25H21BrN2O7/c1-9-5-16(29)20-15(21(9)30)8-13-11(18(20)14-6-10(26)7-17(35-2)22(14)31)3-4-12-19(13)24(33)28(23(12)32)25(27)34/h3,5-7,12-13,18-19,31H,4,8H2,1-2H3,(H2,27,34). The molecule has 4 atom stereocenters. The molecular formula is C25H21BrN2O7. The zero-order valence-electron chi connectivity index (χ0n) is 18.8. The van der Waals surface area contributed by atoms with Crippen LogP contribution in [0, 0.1) is 17.8 Å². The normalized spacial score (nSPS) is 27.8. The highest BCUT2D eigenvalue weighted by Gasteiger charge is 2.57. The minimum Gasteiger partial charge on any atom is -0.504 e. The molecule has 1 aliphatic heterocycles. The Morgan fingerprint density at radius 1 is 1.17 bits per heavy atom. The van der Waals surface area contributed by atoms with Crippen molar-refractivity contribution in [1.29, 1.82) is 0 Å². The molecule has 10 heteroatoms. The van der Waals surface area contributed by atoms with Crippen LogP contribution in [-0.2, 0) is 19.2 Å². The highest BCUT2D eigenvalue weighted by atomic mass is 79.9. The molecule has 4 amide bonds. The van der Waals surface area contributed by atoms with Crippen molar-refractivity contribution in [3.63, 3.8) is 0 Å². The maximum Gasteiger partial charge on any atom is 0.328 e. The van der Waals surface area contributed by atoms with Crippen molar-refractivity contribution in [2.75, 3.05) is 7.11 Å². The zero-order chi connectivity index (χ0) is 25.3. The summed E-state index contributed by atoms with van der Waals surface area (Å²) >= 11 is 3.41. The van der Waals surface area contributed by atoms with E-state index in [1.807, 2.05) is 0 Å². The highest BCUT2D eigenvalue weighted by molar-refractivity contribution is 9.10. The van der Waals surface area contributed by atoms with Gasteiger partial charge < -0.3 is 15.6 Å². The van der Waals surface area contributed by atoms with Gasteiger partial charge in [0, 0.05) is 32.7 Å². The molecule has 5 rings (SSSR count). The first kappa shape index (κ1) is 23.2. The summed E-state index contributed by atoms with van der Waals surface area (Å²) in [7, 11) is 1.40. The number of imide groups is 3. The summed E-state index contributed by atoms with van der Waals surface area (Å²) in [5, 5.41) is 11.0. The molecule has 4 aliphatic rings. The number of carbonyl (C=O) groups excluding carboxylic acids is 5. The average Bonchev–Trinajstić information content (AvgIpc) is 3.07. The zero-order valence-corrected chi connectivity index (χ0v) is 20.4. The quantitative estimate of drug-likeness (QED) is 0.333. The number of amides is 4. The van der Waals surface area contributed by atoms with Gasteiger partial charge in [0.15, 0.2) is 23.1 Å². The van der Waals surface area contributed by atoms with E-state index in [2.05, 4.69) is 15.9 Å². The monoisotopic (exact) mass is 540 g/mol. The summed E-state index contributed by atoms with van der Waals surface area (Å²) in [5.41, 5.74) is 7.04. The van der Waals surface area contributed by atoms with Crippen molar-refractivity contribution in [2.24, 2.45) is 23.5 Å². The van der Waals surface area contributed by atoms with E-state index in [-0.39, 0.29) is 52.6 Å². The molecule has 0 aromatic heterocycles. The summed E-state index contributed by atoms with van der Waals surface area (Å²) in [6, 6.07) is 2.07. The molecule has 4 unspecified atom stereocenters. The maximum absolute atomic E-state index is 13.3. The van der Waals surface area contributed by atoms with E-state index in [9.17, 15) is 29.1 Å². The fourth-order valence-corrected chi connectivity index (χ4v) is 6.38. The number of Topliss-reactive ketones (excluding diaryl/α,β-unsaturated/α-hetero) is 1. The third-order valence-corrected chi connectivity index (χ3v) is 7.84. The Morgan fingerprint density at radius 2 is 1.89 bits per heavy atom. The van der Waals surface area contributed by atoms with Crippen molar-refractivity contribution in [3.8, 4) is 11.5 Å². The molecule has 1 aromatic carbocycles. The molecule has 35 heavy (non-hydrogen) atoms. The number of hydrogen-bond acceptors (Lipinski definition) is 7. The van der Waals surface area contributed by atoms with Gasteiger partial charge in [-0.3, -0.25) is 19.2 Å². The fraction of sp³-hybridized carbons (Fsp3) is 0.320. The molecule has 3 aliphatic carbocycles. The van der Waals surface area contributed by atoms with Crippen LogP contribution in [0.15, 0.2) is 51.0 Å². The number of halogens is 1. The third kappa shape index (κ3) is 3.23. The van der Waals surface area contributed by atoms with Crippen molar-refractivity contribution in [3.05, 3.63) is 56.6 Å². The molecule has 3 N–H and O–H groups in total. The van der Waals surface area contributed by atoms with Crippen LogP contribution in [0.1, 0.15) is 31.2 Å². The van der Waals surface area contributed by atoms with Gasteiger partial charge in [-0.05, 0) is 43.9 Å². The van der Waals surface area contributed by atoms with Crippen molar-refractivity contribution < 1.29 is 33.8 Å². The van der Waals surface area contributed by atoms with E-state index < -0.39 is 41.5 Å². The second-order valence-corrected chi connectivity index (χ2v) is 10.0. The lowest BCUT2D eigenvalue weighted by Gasteiger charge is -2.42. The number of urea groups is 1. The van der Waals surface area contributed by atoms with Gasteiger partial charge in [0.2, 0.25) is 11.8 Å². The second-order valence-electron chi connectivity index (χ2n) is 9.12. The Kier molecular flexibility index (Phi) is 5.32. The summed E-state index contributed by atoms with van der Waals surface area (Å²) < 4.78 is 5.88. The van der Waals surface area contributed by atoms with Gasteiger partial charge in [-0.2, -0.15) is 4.90 Å². The Labute approximate surface area is 208 Å². The van der Waals surface area contributed by atoms with Crippen LogP contribution < -0.4 is 10.5 Å². The molecule has 1 fully saturated rings. The summed E-state index contributed by atoms with van der Waals surface area (Å²) in [4.78, 5) is 64.8. The van der Waals surface area contributed by atoms with Crippen LogP contribution in [0.5, 0.6) is 11.5 Å². The molecule has 1 heterocycles.